The summed E-state index contributed by atoms with van der Waals surface area (Å²) >= 11 is 0. The van der Waals surface area contributed by atoms with Crippen molar-refractivity contribution in [3.63, 3.8) is 0 Å². The van der Waals surface area contributed by atoms with E-state index in [-0.39, 0.29) is 24.4 Å². The average Bonchev–Trinajstić information content (AvgIpc) is 3.06. The number of allylic oxidation sites excluding steroid dienone is 1. The highest BCUT2D eigenvalue weighted by atomic mass is 16.7. The largest absolute Gasteiger partial charge is 0.493 e. The number of carbonyl (C=O) groups is 1. The quantitative estimate of drug-likeness (QED) is 0.738. The molecule has 1 saturated heterocycles. The SMILES string of the molecule is CCC[C@H]1C[C@]2(C(C)Cc3ccc(OC)c(OC)c3)OCOC2=CC1=O. The van der Waals surface area contributed by atoms with Crippen LogP contribution in [0.3, 0.4) is 0 Å². The van der Waals surface area contributed by atoms with E-state index in [0.717, 1.165) is 36.3 Å². The zero-order valence-electron chi connectivity index (χ0n) is 16.0. The molecular weight excluding hydrogens is 332 g/mol. The molecule has 0 amide bonds. The lowest BCUT2D eigenvalue weighted by atomic mass is 9.71. The molecule has 2 aliphatic rings. The second-order valence-corrected chi connectivity index (χ2v) is 7.19. The molecule has 3 rings (SSSR count). The smallest absolute Gasteiger partial charge is 0.189 e. The fraction of sp³-hybridized carbons (Fsp3) is 0.571. The zero-order chi connectivity index (χ0) is 18.7. The van der Waals surface area contributed by atoms with Crippen LogP contribution in [0.15, 0.2) is 30.0 Å². The highest BCUT2D eigenvalue weighted by Gasteiger charge is 2.51. The Morgan fingerprint density at radius 1 is 1.27 bits per heavy atom. The number of hydrogen-bond acceptors (Lipinski definition) is 5. The van der Waals surface area contributed by atoms with Gasteiger partial charge in [0.2, 0.25) is 0 Å². The van der Waals surface area contributed by atoms with Crippen LogP contribution in [-0.2, 0) is 20.7 Å². The summed E-state index contributed by atoms with van der Waals surface area (Å²) in [5.74, 6) is 2.48. The van der Waals surface area contributed by atoms with Crippen molar-refractivity contribution in [2.45, 2.75) is 45.1 Å². The van der Waals surface area contributed by atoms with E-state index in [4.69, 9.17) is 18.9 Å². The second kappa shape index (κ2) is 7.70. The normalized spacial score (nSPS) is 25.9. The molecule has 1 aromatic rings. The molecule has 1 fully saturated rings. The van der Waals surface area contributed by atoms with Gasteiger partial charge in [-0.3, -0.25) is 4.79 Å². The predicted molar refractivity (Wildman–Crippen MR) is 98.3 cm³/mol. The number of methoxy groups -OCH3 is 2. The van der Waals surface area contributed by atoms with Gasteiger partial charge in [0.1, 0.15) is 11.4 Å². The predicted octanol–water partition coefficient (Wildman–Crippen LogP) is 3.90. The number of benzene rings is 1. The van der Waals surface area contributed by atoms with E-state index in [9.17, 15) is 4.79 Å². The average molecular weight is 360 g/mol. The molecule has 1 aliphatic carbocycles. The Morgan fingerprint density at radius 2 is 2.04 bits per heavy atom. The summed E-state index contributed by atoms with van der Waals surface area (Å²) in [6.07, 6.45) is 5.04. The molecule has 0 N–H and O–H groups in total. The van der Waals surface area contributed by atoms with Gasteiger partial charge in [0, 0.05) is 12.0 Å². The van der Waals surface area contributed by atoms with Crippen molar-refractivity contribution in [1.29, 1.82) is 0 Å². The van der Waals surface area contributed by atoms with Crippen LogP contribution in [0, 0.1) is 11.8 Å². The first kappa shape index (κ1) is 18.8. The highest BCUT2D eigenvalue weighted by Crippen LogP contribution is 2.46. The Hall–Kier alpha value is -2.01. The van der Waals surface area contributed by atoms with Gasteiger partial charge in [-0.2, -0.15) is 0 Å². The third kappa shape index (κ3) is 3.32. The molecule has 142 valence electrons. The molecule has 3 atom stereocenters. The first-order valence-corrected chi connectivity index (χ1v) is 9.27. The molecule has 0 aromatic heterocycles. The van der Waals surface area contributed by atoms with Gasteiger partial charge in [-0.25, -0.2) is 0 Å². The van der Waals surface area contributed by atoms with Gasteiger partial charge in [0.15, 0.2) is 24.1 Å². The van der Waals surface area contributed by atoms with Crippen molar-refractivity contribution in [2.24, 2.45) is 11.8 Å². The molecule has 0 spiro atoms. The van der Waals surface area contributed by atoms with Crippen LogP contribution in [0.1, 0.15) is 38.7 Å². The zero-order valence-corrected chi connectivity index (χ0v) is 16.0. The second-order valence-electron chi connectivity index (χ2n) is 7.19. The van der Waals surface area contributed by atoms with Crippen molar-refractivity contribution in [1.82, 2.24) is 0 Å². The third-order valence-electron chi connectivity index (χ3n) is 5.60. The minimum atomic E-state index is -0.513. The molecule has 5 nitrogen and oxygen atoms in total. The first-order chi connectivity index (χ1) is 12.5. The number of ether oxygens (including phenoxy) is 4. The van der Waals surface area contributed by atoms with E-state index in [2.05, 4.69) is 13.8 Å². The summed E-state index contributed by atoms with van der Waals surface area (Å²) < 4.78 is 22.5. The van der Waals surface area contributed by atoms with Crippen molar-refractivity contribution in [2.75, 3.05) is 21.0 Å². The van der Waals surface area contributed by atoms with E-state index < -0.39 is 5.60 Å². The fourth-order valence-electron chi connectivity index (χ4n) is 4.13. The van der Waals surface area contributed by atoms with Gasteiger partial charge in [0.25, 0.3) is 0 Å². The number of hydrogen-bond donors (Lipinski definition) is 0. The highest BCUT2D eigenvalue weighted by molar-refractivity contribution is 5.93. The maximum Gasteiger partial charge on any atom is 0.189 e. The topological polar surface area (TPSA) is 54.0 Å². The van der Waals surface area contributed by atoms with Crippen molar-refractivity contribution in [3.8, 4) is 11.5 Å². The van der Waals surface area contributed by atoms with Crippen LogP contribution in [-0.4, -0.2) is 32.4 Å². The molecule has 26 heavy (non-hydrogen) atoms. The van der Waals surface area contributed by atoms with Crippen LogP contribution in [0.2, 0.25) is 0 Å². The number of ketones is 1. The van der Waals surface area contributed by atoms with Crippen molar-refractivity contribution < 1.29 is 23.7 Å². The summed E-state index contributed by atoms with van der Waals surface area (Å²) in [5, 5.41) is 0. The minimum absolute atomic E-state index is 0.0123. The molecule has 1 aliphatic heterocycles. The lowest BCUT2D eigenvalue weighted by Gasteiger charge is -2.38. The van der Waals surface area contributed by atoms with Gasteiger partial charge in [-0.15, -0.1) is 0 Å². The van der Waals surface area contributed by atoms with Crippen LogP contribution < -0.4 is 9.47 Å². The Morgan fingerprint density at radius 3 is 2.73 bits per heavy atom. The van der Waals surface area contributed by atoms with Gasteiger partial charge >= 0.3 is 0 Å². The Kier molecular flexibility index (Phi) is 5.56. The summed E-state index contributed by atoms with van der Waals surface area (Å²) in [6, 6.07) is 5.97. The lowest BCUT2D eigenvalue weighted by Crippen LogP contribution is -2.44. The number of carbonyl (C=O) groups excluding carboxylic acids is 1. The molecule has 0 radical (unpaired) electrons. The van der Waals surface area contributed by atoms with Crippen LogP contribution in [0.25, 0.3) is 0 Å². The lowest BCUT2D eigenvalue weighted by molar-refractivity contribution is -0.123. The summed E-state index contributed by atoms with van der Waals surface area (Å²) in [4.78, 5) is 12.4. The molecule has 1 unspecified atom stereocenters. The van der Waals surface area contributed by atoms with Gasteiger partial charge < -0.3 is 18.9 Å². The summed E-state index contributed by atoms with van der Waals surface area (Å²) in [5.41, 5.74) is 0.629. The van der Waals surface area contributed by atoms with E-state index in [1.54, 1.807) is 20.3 Å². The van der Waals surface area contributed by atoms with Gasteiger partial charge in [-0.05, 0) is 42.9 Å². The minimum Gasteiger partial charge on any atom is -0.493 e. The molecule has 1 aromatic carbocycles. The van der Waals surface area contributed by atoms with Crippen LogP contribution in [0.4, 0.5) is 0 Å². The summed E-state index contributed by atoms with van der Waals surface area (Å²) in [6.45, 7) is 4.49. The fourth-order valence-corrected chi connectivity index (χ4v) is 4.13. The maximum atomic E-state index is 12.4. The van der Waals surface area contributed by atoms with Crippen LogP contribution >= 0.6 is 0 Å². The van der Waals surface area contributed by atoms with Crippen LogP contribution in [0.5, 0.6) is 11.5 Å². The number of rotatable bonds is 7. The van der Waals surface area contributed by atoms with E-state index in [1.165, 1.54) is 0 Å². The van der Waals surface area contributed by atoms with Crippen molar-refractivity contribution >= 4 is 5.78 Å². The van der Waals surface area contributed by atoms with E-state index in [0.29, 0.717) is 12.2 Å². The summed E-state index contributed by atoms with van der Waals surface area (Å²) in [7, 11) is 3.27. The van der Waals surface area contributed by atoms with Gasteiger partial charge in [0.05, 0.1) is 14.2 Å². The van der Waals surface area contributed by atoms with Gasteiger partial charge in [-0.1, -0.05) is 26.3 Å². The standard InChI is InChI=1S/C21H28O5/c1-5-6-16-12-21(20(11-17(16)22)25-13-26-21)14(2)9-15-7-8-18(23-3)19(10-15)24-4/h7-8,10-11,14,16H,5-6,9,12-13H2,1-4H3/t14?,16-,21+/m0/s1. The van der Waals surface area contributed by atoms with E-state index in [1.807, 2.05) is 18.2 Å². The number of fused-ring (bicyclic) bond motifs is 1. The first-order valence-electron chi connectivity index (χ1n) is 9.27. The third-order valence-corrected chi connectivity index (χ3v) is 5.60. The molecule has 5 heteroatoms. The molecule has 0 saturated carbocycles. The Balaban J connectivity index is 1.85. The molecule has 1 heterocycles. The van der Waals surface area contributed by atoms with E-state index >= 15 is 0 Å². The monoisotopic (exact) mass is 360 g/mol. The Bertz CT molecular complexity index is 696. The Labute approximate surface area is 155 Å². The maximum absolute atomic E-state index is 12.4. The van der Waals surface area contributed by atoms with Crippen molar-refractivity contribution in [3.05, 3.63) is 35.6 Å². The molecule has 0 bridgehead atoms. The molecular formula is C21H28O5.